The fourth-order valence-corrected chi connectivity index (χ4v) is 0.997. The number of hydrogen-bond donors (Lipinski definition) is 0. The number of carbonyl (C=O) groups is 1. The largest absolute Gasteiger partial charge is 0.374 e. The number of rotatable bonds is 5. The lowest BCUT2D eigenvalue weighted by Crippen LogP contribution is -2.21. The number of hydrogen-bond acceptors (Lipinski definition) is 2. The molecule has 2 nitrogen and oxygen atoms in total. The highest BCUT2D eigenvalue weighted by molar-refractivity contribution is 5.83. The molecular formula is C10H16O2. The molecule has 0 aromatic rings. The Morgan fingerprint density at radius 2 is 2.25 bits per heavy atom. The normalized spacial score (nSPS) is 11.6. The van der Waals surface area contributed by atoms with Gasteiger partial charge in [-0.25, -0.2) is 0 Å². The minimum Gasteiger partial charge on any atom is -0.374 e. The zero-order valence-electron chi connectivity index (χ0n) is 8.02. The van der Waals surface area contributed by atoms with Gasteiger partial charge in [0.1, 0.15) is 6.10 Å². The number of carbonyl (C=O) groups excluding carboxylic acids is 1. The monoisotopic (exact) mass is 168 g/mol. The topological polar surface area (TPSA) is 26.3 Å². The number of Topliss-reactive ketones (excluding diaryl/α,β-unsaturated/α-hetero) is 1. The zero-order chi connectivity index (χ0) is 9.40. The van der Waals surface area contributed by atoms with Gasteiger partial charge in [0.25, 0.3) is 0 Å². The van der Waals surface area contributed by atoms with Crippen LogP contribution in [0.4, 0.5) is 0 Å². The summed E-state index contributed by atoms with van der Waals surface area (Å²) < 4.78 is 4.99. The fraction of sp³-hybridized carbons (Fsp3) is 0.700. The van der Waals surface area contributed by atoms with Crippen molar-refractivity contribution in [3.05, 3.63) is 0 Å². The second kappa shape index (κ2) is 6.87. The third-order valence-electron chi connectivity index (χ3n) is 1.69. The fourth-order valence-electron chi connectivity index (χ4n) is 0.997. The molecule has 0 bridgehead atoms. The van der Waals surface area contributed by atoms with Gasteiger partial charge in [0, 0.05) is 20.0 Å². The van der Waals surface area contributed by atoms with Crippen molar-refractivity contribution in [2.45, 2.75) is 39.2 Å². The molecule has 0 aromatic carbocycles. The summed E-state index contributed by atoms with van der Waals surface area (Å²) in [6, 6.07) is 0. The smallest absolute Gasteiger partial charge is 0.162 e. The van der Waals surface area contributed by atoms with Crippen LogP contribution < -0.4 is 0 Å². The van der Waals surface area contributed by atoms with Crippen molar-refractivity contribution in [2.24, 2.45) is 0 Å². The lowest BCUT2D eigenvalue weighted by molar-refractivity contribution is -0.128. The molecule has 1 atom stereocenters. The van der Waals surface area contributed by atoms with Crippen LogP contribution in [0.2, 0.25) is 0 Å². The summed E-state index contributed by atoms with van der Waals surface area (Å²) in [5.74, 6) is 5.77. The Kier molecular flexibility index (Phi) is 6.41. The van der Waals surface area contributed by atoms with Crippen LogP contribution in [0.1, 0.15) is 33.1 Å². The van der Waals surface area contributed by atoms with Gasteiger partial charge in [0.05, 0.1) is 0 Å². The van der Waals surface area contributed by atoms with E-state index in [1.807, 2.05) is 6.92 Å². The van der Waals surface area contributed by atoms with E-state index in [2.05, 4.69) is 11.8 Å². The van der Waals surface area contributed by atoms with Gasteiger partial charge >= 0.3 is 0 Å². The van der Waals surface area contributed by atoms with Crippen LogP contribution in [-0.2, 0) is 9.53 Å². The minimum atomic E-state index is -0.233. The molecule has 0 heterocycles. The van der Waals surface area contributed by atoms with Gasteiger partial charge in [-0.3, -0.25) is 4.79 Å². The molecule has 1 unspecified atom stereocenters. The van der Waals surface area contributed by atoms with Gasteiger partial charge in [-0.05, 0) is 13.3 Å². The lowest BCUT2D eigenvalue weighted by atomic mass is 10.1. The van der Waals surface area contributed by atoms with Crippen LogP contribution >= 0.6 is 0 Å². The van der Waals surface area contributed by atoms with Crippen molar-refractivity contribution in [1.82, 2.24) is 0 Å². The van der Waals surface area contributed by atoms with E-state index in [1.165, 1.54) is 0 Å². The van der Waals surface area contributed by atoms with Crippen molar-refractivity contribution >= 4 is 5.78 Å². The highest BCUT2D eigenvalue weighted by Crippen LogP contribution is 2.02. The van der Waals surface area contributed by atoms with E-state index in [0.717, 1.165) is 6.42 Å². The molecule has 2 heteroatoms. The Morgan fingerprint density at radius 1 is 1.58 bits per heavy atom. The van der Waals surface area contributed by atoms with E-state index in [1.54, 1.807) is 14.0 Å². The van der Waals surface area contributed by atoms with Crippen molar-refractivity contribution in [1.29, 1.82) is 0 Å². The average Bonchev–Trinajstić information content (AvgIpc) is 2.07. The first-order valence-electron chi connectivity index (χ1n) is 4.21. The Morgan fingerprint density at radius 3 is 2.67 bits per heavy atom. The highest BCUT2D eigenvalue weighted by Gasteiger charge is 2.13. The summed E-state index contributed by atoms with van der Waals surface area (Å²) >= 11 is 0. The molecule has 0 aliphatic heterocycles. The van der Waals surface area contributed by atoms with Crippen LogP contribution in [0.25, 0.3) is 0 Å². The van der Waals surface area contributed by atoms with Crippen molar-refractivity contribution in [2.75, 3.05) is 7.11 Å². The molecule has 0 N–H and O–H groups in total. The predicted octanol–water partition coefficient (Wildman–Crippen LogP) is 1.78. The number of ether oxygens (including phenoxy) is 1. The molecule has 0 aliphatic rings. The molecular weight excluding hydrogens is 152 g/mol. The molecule has 0 saturated carbocycles. The van der Waals surface area contributed by atoms with Crippen molar-refractivity contribution in [3.8, 4) is 11.8 Å². The molecule has 0 rings (SSSR count). The maximum atomic E-state index is 11.3. The maximum absolute atomic E-state index is 11.3. The predicted molar refractivity (Wildman–Crippen MR) is 48.8 cm³/mol. The number of methoxy groups -OCH3 is 1. The molecule has 0 saturated heterocycles. The van der Waals surface area contributed by atoms with E-state index in [-0.39, 0.29) is 11.9 Å². The molecule has 12 heavy (non-hydrogen) atoms. The standard InChI is InChI=1S/C10H16O2/c1-4-6-7-8-9(11)10(5-2)12-3/h10H,5,7-8H2,1-3H3. The Hall–Kier alpha value is -0.810. The second-order valence-electron chi connectivity index (χ2n) is 2.53. The molecule has 0 aromatic heterocycles. The first-order chi connectivity index (χ1) is 5.76. The van der Waals surface area contributed by atoms with E-state index >= 15 is 0 Å². The van der Waals surface area contributed by atoms with Gasteiger partial charge in [0.2, 0.25) is 0 Å². The first-order valence-corrected chi connectivity index (χ1v) is 4.21. The van der Waals surface area contributed by atoms with Gasteiger partial charge < -0.3 is 4.74 Å². The zero-order valence-corrected chi connectivity index (χ0v) is 8.02. The minimum absolute atomic E-state index is 0.155. The highest BCUT2D eigenvalue weighted by atomic mass is 16.5. The lowest BCUT2D eigenvalue weighted by Gasteiger charge is -2.09. The van der Waals surface area contributed by atoms with Crippen LogP contribution in [0.3, 0.4) is 0 Å². The summed E-state index contributed by atoms with van der Waals surface area (Å²) in [4.78, 5) is 11.3. The average molecular weight is 168 g/mol. The van der Waals surface area contributed by atoms with E-state index in [4.69, 9.17) is 4.74 Å². The molecule has 0 amide bonds. The summed E-state index contributed by atoms with van der Waals surface area (Å²) in [5, 5.41) is 0. The molecule has 0 spiro atoms. The third-order valence-corrected chi connectivity index (χ3v) is 1.69. The molecule has 0 fully saturated rings. The van der Waals surface area contributed by atoms with Crippen molar-refractivity contribution < 1.29 is 9.53 Å². The molecule has 68 valence electrons. The molecule has 0 radical (unpaired) electrons. The third kappa shape index (κ3) is 4.15. The SMILES string of the molecule is CC#CCCC(=O)C(CC)OC. The summed E-state index contributed by atoms with van der Waals surface area (Å²) in [6.45, 7) is 3.72. The summed E-state index contributed by atoms with van der Waals surface area (Å²) in [6.07, 6.45) is 1.67. The second-order valence-corrected chi connectivity index (χ2v) is 2.53. The van der Waals surface area contributed by atoms with Gasteiger partial charge in [0.15, 0.2) is 5.78 Å². The van der Waals surface area contributed by atoms with E-state index in [9.17, 15) is 4.79 Å². The van der Waals surface area contributed by atoms with Crippen molar-refractivity contribution in [3.63, 3.8) is 0 Å². The van der Waals surface area contributed by atoms with Gasteiger partial charge in [-0.1, -0.05) is 6.92 Å². The Labute approximate surface area is 74.3 Å². The van der Waals surface area contributed by atoms with Gasteiger partial charge in [-0.2, -0.15) is 0 Å². The first kappa shape index (κ1) is 11.2. The quantitative estimate of drug-likeness (QED) is 0.585. The Bertz CT molecular complexity index is 182. The van der Waals surface area contributed by atoms with Crippen LogP contribution in [0, 0.1) is 11.8 Å². The molecule has 0 aliphatic carbocycles. The summed E-state index contributed by atoms with van der Waals surface area (Å²) in [5.41, 5.74) is 0. The Balaban J connectivity index is 3.74. The maximum Gasteiger partial charge on any atom is 0.162 e. The van der Waals surface area contributed by atoms with Gasteiger partial charge in [-0.15, -0.1) is 11.8 Å². The summed E-state index contributed by atoms with van der Waals surface area (Å²) in [7, 11) is 1.57. The van der Waals surface area contributed by atoms with Crippen LogP contribution in [0.5, 0.6) is 0 Å². The number of ketones is 1. The van der Waals surface area contributed by atoms with Crippen LogP contribution in [-0.4, -0.2) is 19.0 Å². The van der Waals surface area contributed by atoms with Crippen LogP contribution in [0.15, 0.2) is 0 Å². The van der Waals surface area contributed by atoms with E-state index < -0.39 is 0 Å². The van der Waals surface area contributed by atoms with E-state index in [0.29, 0.717) is 12.8 Å².